The van der Waals surface area contributed by atoms with E-state index in [0.29, 0.717) is 11.5 Å². The fourth-order valence-corrected chi connectivity index (χ4v) is 2.08. The number of carbonyl (C=O) groups is 2. The van der Waals surface area contributed by atoms with Crippen LogP contribution in [-0.2, 0) is 4.79 Å². The Kier molecular flexibility index (Phi) is 3.49. The summed E-state index contributed by atoms with van der Waals surface area (Å²) in [5.74, 6) is 0.447. The Hall–Kier alpha value is -1.75. The van der Waals surface area contributed by atoms with Crippen LogP contribution < -0.4 is 10.1 Å². The van der Waals surface area contributed by atoms with Crippen LogP contribution in [0.4, 0.5) is 4.79 Å². The largest absolute Gasteiger partial charge is 0.494 e. The van der Waals surface area contributed by atoms with Crippen molar-refractivity contribution in [1.29, 1.82) is 0 Å². The normalized spacial score (nSPS) is 17.4. The van der Waals surface area contributed by atoms with Crippen LogP contribution in [-0.4, -0.2) is 17.8 Å². The number of hydrogen-bond donors (Lipinski definition) is 1. The maximum Gasteiger partial charge on any atom is 0.290 e. The van der Waals surface area contributed by atoms with E-state index in [0.717, 1.165) is 23.1 Å². The number of imide groups is 1. The van der Waals surface area contributed by atoms with Crippen LogP contribution in [0.3, 0.4) is 0 Å². The molecule has 1 saturated heterocycles. The second kappa shape index (κ2) is 5.05. The summed E-state index contributed by atoms with van der Waals surface area (Å²) in [6, 6.07) is 7.34. The van der Waals surface area contributed by atoms with Crippen molar-refractivity contribution in [3.63, 3.8) is 0 Å². The minimum atomic E-state index is -0.339. The fourth-order valence-electron chi connectivity index (χ4n) is 1.40. The van der Waals surface area contributed by atoms with Gasteiger partial charge < -0.3 is 4.74 Å². The number of carbonyl (C=O) groups excluding carboxylic acids is 2. The lowest BCUT2D eigenvalue weighted by molar-refractivity contribution is -0.115. The Morgan fingerprint density at radius 1 is 1.29 bits per heavy atom. The molecule has 4 nitrogen and oxygen atoms in total. The zero-order chi connectivity index (χ0) is 12.3. The number of rotatable bonds is 3. The molecule has 1 aromatic carbocycles. The van der Waals surface area contributed by atoms with Crippen LogP contribution in [0.15, 0.2) is 29.2 Å². The predicted octanol–water partition coefficient (Wildman–Crippen LogP) is 2.41. The van der Waals surface area contributed by atoms with Gasteiger partial charge in [-0.1, -0.05) is 12.1 Å². The second-order valence-corrected chi connectivity index (χ2v) is 4.37. The molecule has 2 amide bonds. The third kappa shape index (κ3) is 2.88. The van der Waals surface area contributed by atoms with E-state index in [9.17, 15) is 9.59 Å². The van der Waals surface area contributed by atoms with Gasteiger partial charge in [0, 0.05) is 0 Å². The summed E-state index contributed by atoms with van der Waals surface area (Å²) in [6.07, 6.45) is 1.68. The van der Waals surface area contributed by atoms with Gasteiger partial charge in [0.15, 0.2) is 0 Å². The van der Waals surface area contributed by atoms with Crippen LogP contribution >= 0.6 is 11.8 Å². The van der Waals surface area contributed by atoms with Crippen molar-refractivity contribution in [1.82, 2.24) is 5.32 Å². The molecule has 1 heterocycles. The number of benzene rings is 1. The van der Waals surface area contributed by atoms with E-state index in [4.69, 9.17) is 4.74 Å². The minimum absolute atomic E-state index is 0.327. The molecule has 0 aromatic heterocycles. The van der Waals surface area contributed by atoms with E-state index < -0.39 is 0 Å². The quantitative estimate of drug-likeness (QED) is 0.836. The van der Waals surface area contributed by atoms with Crippen molar-refractivity contribution in [3.05, 3.63) is 34.7 Å². The van der Waals surface area contributed by atoms with Gasteiger partial charge in [0.2, 0.25) is 0 Å². The van der Waals surface area contributed by atoms with Gasteiger partial charge in [0.05, 0.1) is 11.5 Å². The van der Waals surface area contributed by atoms with Gasteiger partial charge in [-0.25, -0.2) is 0 Å². The molecule has 0 radical (unpaired) electrons. The maximum atomic E-state index is 11.3. The Balaban J connectivity index is 2.16. The highest BCUT2D eigenvalue weighted by molar-refractivity contribution is 8.18. The van der Waals surface area contributed by atoms with Gasteiger partial charge in [-0.05, 0) is 42.5 Å². The zero-order valence-corrected chi connectivity index (χ0v) is 10.0. The summed E-state index contributed by atoms with van der Waals surface area (Å²) >= 11 is 0.913. The minimum Gasteiger partial charge on any atom is -0.494 e. The van der Waals surface area contributed by atoms with Gasteiger partial charge in [0.1, 0.15) is 5.75 Å². The molecule has 0 saturated carbocycles. The first-order valence-corrected chi connectivity index (χ1v) is 5.98. The number of ether oxygens (including phenoxy) is 1. The molecule has 88 valence electrons. The molecule has 1 aliphatic rings. The number of thioether (sulfide) groups is 1. The van der Waals surface area contributed by atoms with Crippen LogP contribution in [0.5, 0.6) is 5.75 Å². The van der Waals surface area contributed by atoms with Crippen molar-refractivity contribution in [3.8, 4) is 5.75 Å². The average Bonchev–Trinajstić information content (AvgIpc) is 2.61. The zero-order valence-electron chi connectivity index (χ0n) is 9.23. The Morgan fingerprint density at radius 2 is 2.00 bits per heavy atom. The van der Waals surface area contributed by atoms with Gasteiger partial charge in [0.25, 0.3) is 11.1 Å². The molecule has 1 aromatic rings. The van der Waals surface area contributed by atoms with Gasteiger partial charge in [-0.2, -0.15) is 0 Å². The molecule has 0 unspecified atom stereocenters. The van der Waals surface area contributed by atoms with Crippen LogP contribution in [0.2, 0.25) is 0 Å². The molecule has 0 spiro atoms. The molecule has 0 bridgehead atoms. The van der Waals surface area contributed by atoms with E-state index >= 15 is 0 Å². The summed E-state index contributed by atoms with van der Waals surface area (Å²) < 4.78 is 5.31. The van der Waals surface area contributed by atoms with Gasteiger partial charge >= 0.3 is 0 Å². The van der Waals surface area contributed by atoms with Gasteiger partial charge in [-0.3, -0.25) is 14.9 Å². The molecular weight excluding hydrogens is 238 g/mol. The smallest absolute Gasteiger partial charge is 0.290 e. The molecule has 5 heteroatoms. The van der Waals surface area contributed by atoms with Crippen molar-refractivity contribution < 1.29 is 14.3 Å². The van der Waals surface area contributed by atoms with E-state index in [1.807, 2.05) is 31.2 Å². The summed E-state index contributed by atoms with van der Waals surface area (Å²) in [5, 5.41) is 1.88. The first-order chi connectivity index (χ1) is 8.19. The molecular formula is C12H11NO3S. The maximum absolute atomic E-state index is 11.3. The van der Waals surface area contributed by atoms with Crippen LogP contribution in [0.1, 0.15) is 12.5 Å². The number of nitrogens with one attached hydrogen (secondary N) is 1. The Bertz CT molecular complexity index is 479. The topological polar surface area (TPSA) is 55.4 Å². The van der Waals surface area contributed by atoms with E-state index in [-0.39, 0.29) is 11.1 Å². The molecule has 0 atom stereocenters. The first kappa shape index (κ1) is 11.7. The summed E-state index contributed by atoms with van der Waals surface area (Å²) in [7, 11) is 0. The predicted molar refractivity (Wildman–Crippen MR) is 66.7 cm³/mol. The summed E-state index contributed by atoms with van der Waals surface area (Å²) in [6.45, 7) is 2.54. The van der Waals surface area contributed by atoms with E-state index in [2.05, 4.69) is 5.32 Å². The SMILES string of the molecule is CCOc1ccc(/C=C2/SC(=O)NC2=O)cc1. The molecule has 17 heavy (non-hydrogen) atoms. The monoisotopic (exact) mass is 249 g/mol. The first-order valence-electron chi connectivity index (χ1n) is 5.17. The number of hydrogen-bond acceptors (Lipinski definition) is 4. The van der Waals surface area contributed by atoms with Crippen molar-refractivity contribution in [2.24, 2.45) is 0 Å². The van der Waals surface area contributed by atoms with Crippen LogP contribution in [0, 0.1) is 0 Å². The molecule has 1 N–H and O–H groups in total. The van der Waals surface area contributed by atoms with Crippen LogP contribution in [0.25, 0.3) is 6.08 Å². The fraction of sp³-hybridized carbons (Fsp3) is 0.167. The lowest BCUT2D eigenvalue weighted by atomic mass is 10.2. The van der Waals surface area contributed by atoms with E-state index in [1.54, 1.807) is 6.08 Å². The highest BCUT2D eigenvalue weighted by atomic mass is 32.2. The average molecular weight is 249 g/mol. The third-order valence-corrected chi connectivity index (χ3v) is 2.94. The number of amides is 2. The standard InChI is InChI=1S/C12H11NO3S/c1-2-16-9-5-3-8(4-6-9)7-10-11(14)13-12(15)17-10/h3-7H,2H2,1H3,(H,13,14,15)/b10-7+. The Morgan fingerprint density at radius 3 is 2.53 bits per heavy atom. The summed E-state index contributed by atoms with van der Waals surface area (Å²) in [5.41, 5.74) is 0.862. The molecule has 2 rings (SSSR count). The second-order valence-electron chi connectivity index (χ2n) is 3.35. The summed E-state index contributed by atoms with van der Waals surface area (Å²) in [4.78, 5) is 22.7. The lowest BCUT2D eigenvalue weighted by Crippen LogP contribution is -2.17. The van der Waals surface area contributed by atoms with Crippen molar-refractivity contribution >= 4 is 29.0 Å². The van der Waals surface area contributed by atoms with Crippen molar-refractivity contribution in [2.75, 3.05) is 6.61 Å². The van der Waals surface area contributed by atoms with E-state index in [1.165, 1.54) is 0 Å². The molecule has 0 aliphatic carbocycles. The third-order valence-electron chi connectivity index (χ3n) is 2.13. The molecule has 1 aliphatic heterocycles. The van der Waals surface area contributed by atoms with Gasteiger partial charge in [-0.15, -0.1) is 0 Å². The molecule has 1 fully saturated rings. The van der Waals surface area contributed by atoms with Crippen molar-refractivity contribution in [2.45, 2.75) is 6.92 Å². The highest BCUT2D eigenvalue weighted by Gasteiger charge is 2.24. The lowest BCUT2D eigenvalue weighted by Gasteiger charge is -2.02. The highest BCUT2D eigenvalue weighted by Crippen LogP contribution is 2.26. The Labute approximate surface area is 103 Å².